The van der Waals surface area contributed by atoms with Gasteiger partial charge in [0.2, 0.25) is 0 Å². The predicted octanol–water partition coefficient (Wildman–Crippen LogP) is 4.88. The monoisotopic (exact) mass is 328 g/mol. The lowest BCUT2D eigenvalue weighted by atomic mass is 10.2. The van der Waals surface area contributed by atoms with Gasteiger partial charge >= 0.3 is 0 Å². The van der Waals surface area contributed by atoms with E-state index in [0.29, 0.717) is 5.88 Å². The summed E-state index contributed by atoms with van der Waals surface area (Å²) in [6.07, 6.45) is 7.78. The highest BCUT2D eigenvalue weighted by Crippen LogP contribution is 2.19. The molecule has 0 saturated heterocycles. The molecular formula is C16H22ClFN2S. The number of unbranched alkanes of at least 4 members (excludes halogenated alkanes) is 3. The molecule has 0 aliphatic carbocycles. The molecule has 1 aromatic heterocycles. The minimum atomic E-state index is -0.235. The standard InChI is InChI=1S/C16H22ClFN2S/c1-21-11-5-3-2-4-10-20-15-7-6-13(18)12-14(15)19-16(20)8-9-17/h6-7,12H,2-5,8-11H2,1H3. The molecule has 0 N–H and O–H groups in total. The second kappa shape index (κ2) is 8.64. The van der Waals surface area contributed by atoms with Crippen molar-refractivity contribution in [2.24, 2.45) is 0 Å². The third kappa shape index (κ3) is 4.62. The topological polar surface area (TPSA) is 17.8 Å². The highest BCUT2D eigenvalue weighted by atomic mass is 35.5. The fourth-order valence-electron chi connectivity index (χ4n) is 2.55. The van der Waals surface area contributed by atoms with Gasteiger partial charge in [0.05, 0.1) is 11.0 Å². The van der Waals surface area contributed by atoms with Crippen LogP contribution in [0.5, 0.6) is 0 Å². The van der Waals surface area contributed by atoms with E-state index in [2.05, 4.69) is 15.8 Å². The summed E-state index contributed by atoms with van der Waals surface area (Å²) in [6, 6.07) is 4.83. The fraction of sp³-hybridized carbons (Fsp3) is 0.562. The molecule has 2 aromatic rings. The second-order valence-electron chi connectivity index (χ2n) is 5.16. The molecule has 0 saturated carbocycles. The van der Waals surface area contributed by atoms with Crippen molar-refractivity contribution in [1.29, 1.82) is 0 Å². The zero-order chi connectivity index (χ0) is 15.1. The molecule has 0 amide bonds. The lowest BCUT2D eigenvalue weighted by molar-refractivity contribution is 0.578. The number of imidazole rings is 1. The summed E-state index contributed by atoms with van der Waals surface area (Å²) in [6.45, 7) is 0.938. The highest BCUT2D eigenvalue weighted by molar-refractivity contribution is 7.98. The van der Waals surface area contributed by atoms with E-state index in [1.807, 2.05) is 17.8 Å². The molecule has 0 bridgehead atoms. The van der Waals surface area contributed by atoms with E-state index in [1.165, 1.54) is 37.1 Å². The third-order valence-corrected chi connectivity index (χ3v) is 4.47. The van der Waals surface area contributed by atoms with E-state index in [1.54, 1.807) is 0 Å². The number of halogens is 2. The molecule has 1 heterocycles. The maximum absolute atomic E-state index is 13.3. The van der Waals surface area contributed by atoms with E-state index >= 15 is 0 Å². The molecule has 2 rings (SSSR count). The molecule has 21 heavy (non-hydrogen) atoms. The van der Waals surface area contributed by atoms with E-state index < -0.39 is 0 Å². The lowest BCUT2D eigenvalue weighted by Gasteiger charge is -2.08. The minimum absolute atomic E-state index is 0.235. The minimum Gasteiger partial charge on any atom is -0.328 e. The van der Waals surface area contributed by atoms with E-state index in [0.717, 1.165) is 36.2 Å². The lowest BCUT2D eigenvalue weighted by Crippen LogP contribution is -2.05. The van der Waals surface area contributed by atoms with Gasteiger partial charge in [0, 0.05) is 24.9 Å². The van der Waals surface area contributed by atoms with E-state index in [4.69, 9.17) is 11.6 Å². The average Bonchev–Trinajstić information content (AvgIpc) is 2.80. The van der Waals surface area contributed by atoms with Crippen LogP contribution < -0.4 is 0 Å². The van der Waals surface area contributed by atoms with Crippen molar-refractivity contribution in [3.8, 4) is 0 Å². The van der Waals surface area contributed by atoms with Crippen LogP contribution in [0, 0.1) is 5.82 Å². The summed E-state index contributed by atoms with van der Waals surface area (Å²) in [5.41, 5.74) is 1.75. The Morgan fingerprint density at radius 1 is 1.24 bits per heavy atom. The molecule has 116 valence electrons. The number of aromatic nitrogens is 2. The summed E-state index contributed by atoms with van der Waals surface area (Å²) >= 11 is 7.76. The van der Waals surface area contributed by atoms with Crippen LogP contribution in [0.1, 0.15) is 31.5 Å². The molecular weight excluding hydrogens is 307 g/mol. The molecule has 1 aromatic carbocycles. The summed E-state index contributed by atoms with van der Waals surface area (Å²) in [4.78, 5) is 4.53. The van der Waals surface area contributed by atoms with Crippen LogP contribution in [0.4, 0.5) is 4.39 Å². The van der Waals surface area contributed by atoms with E-state index in [-0.39, 0.29) is 5.82 Å². The summed E-state index contributed by atoms with van der Waals surface area (Å²) in [5, 5.41) is 0. The Morgan fingerprint density at radius 3 is 2.81 bits per heavy atom. The molecule has 0 radical (unpaired) electrons. The SMILES string of the molecule is CSCCCCCCn1c(CCCl)nc2cc(F)ccc21. The summed E-state index contributed by atoms with van der Waals surface area (Å²) in [7, 11) is 0. The van der Waals surface area contributed by atoms with Crippen molar-refractivity contribution in [2.45, 2.75) is 38.6 Å². The van der Waals surface area contributed by atoms with Crippen LogP contribution in [0.3, 0.4) is 0 Å². The number of aryl methyl sites for hydroxylation is 2. The summed E-state index contributed by atoms with van der Waals surface area (Å²) in [5.74, 6) is 2.51. The van der Waals surface area contributed by atoms with Crippen molar-refractivity contribution in [3.05, 3.63) is 29.8 Å². The maximum atomic E-state index is 13.3. The number of fused-ring (bicyclic) bond motifs is 1. The van der Waals surface area contributed by atoms with E-state index in [9.17, 15) is 4.39 Å². The molecule has 2 nitrogen and oxygen atoms in total. The van der Waals surface area contributed by atoms with Gasteiger partial charge in [-0.25, -0.2) is 9.37 Å². The molecule has 5 heteroatoms. The first kappa shape index (κ1) is 16.6. The number of rotatable bonds is 9. The Bertz CT molecular complexity index is 571. The number of nitrogens with zero attached hydrogens (tertiary/aromatic N) is 2. The van der Waals surface area contributed by atoms with Crippen molar-refractivity contribution < 1.29 is 4.39 Å². The first-order chi connectivity index (χ1) is 10.3. The van der Waals surface area contributed by atoms with Gasteiger partial charge in [0.25, 0.3) is 0 Å². The zero-order valence-corrected chi connectivity index (χ0v) is 14.0. The fourth-order valence-corrected chi connectivity index (χ4v) is 3.21. The van der Waals surface area contributed by atoms with Gasteiger partial charge in [-0.2, -0.15) is 11.8 Å². The average molecular weight is 329 g/mol. The predicted molar refractivity (Wildman–Crippen MR) is 91.0 cm³/mol. The molecule has 0 aliphatic heterocycles. The quantitative estimate of drug-likeness (QED) is 0.482. The van der Waals surface area contributed by atoms with Crippen molar-refractivity contribution in [3.63, 3.8) is 0 Å². The molecule has 0 unspecified atom stereocenters. The number of alkyl halides is 1. The number of benzene rings is 1. The van der Waals surface area contributed by atoms with Gasteiger partial charge in [-0.1, -0.05) is 12.8 Å². The molecule has 0 spiro atoms. The Labute approximate surface area is 135 Å². The summed E-state index contributed by atoms with van der Waals surface area (Å²) < 4.78 is 15.5. The third-order valence-electron chi connectivity index (χ3n) is 3.59. The van der Waals surface area contributed by atoms with Gasteiger partial charge in [-0.3, -0.25) is 0 Å². The largest absolute Gasteiger partial charge is 0.328 e. The second-order valence-corrected chi connectivity index (χ2v) is 6.52. The first-order valence-electron chi connectivity index (χ1n) is 7.46. The van der Waals surface area contributed by atoms with Crippen molar-refractivity contribution in [1.82, 2.24) is 9.55 Å². The number of hydrogen-bond acceptors (Lipinski definition) is 2. The van der Waals surface area contributed by atoms with Gasteiger partial charge in [-0.05, 0) is 37.0 Å². The highest BCUT2D eigenvalue weighted by Gasteiger charge is 2.10. The Balaban J connectivity index is 2.04. The zero-order valence-electron chi connectivity index (χ0n) is 12.4. The molecule has 0 atom stereocenters. The van der Waals surface area contributed by atoms with Gasteiger partial charge in [-0.15, -0.1) is 11.6 Å². The Hall–Kier alpha value is -0.740. The van der Waals surface area contributed by atoms with Crippen LogP contribution in [0.25, 0.3) is 11.0 Å². The number of hydrogen-bond donors (Lipinski definition) is 0. The number of thioether (sulfide) groups is 1. The van der Waals surface area contributed by atoms with Crippen LogP contribution in [-0.2, 0) is 13.0 Å². The maximum Gasteiger partial charge on any atom is 0.125 e. The Morgan fingerprint density at radius 2 is 2.05 bits per heavy atom. The smallest absolute Gasteiger partial charge is 0.125 e. The van der Waals surface area contributed by atoms with Crippen LogP contribution in [0.2, 0.25) is 0 Å². The van der Waals surface area contributed by atoms with Crippen LogP contribution >= 0.6 is 23.4 Å². The first-order valence-corrected chi connectivity index (χ1v) is 9.38. The molecule has 0 fully saturated rings. The molecule has 0 aliphatic rings. The van der Waals surface area contributed by atoms with Gasteiger partial charge in [0.15, 0.2) is 0 Å². The van der Waals surface area contributed by atoms with Gasteiger partial charge < -0.3 is 4.57 Å². The van der Waals surface area contributed by atoms with Crippen LogP contribution in [0.15, 0.2) is 18.2 Å². The van der Waals surface area contributed by atoms with Crippen molar-refractivity contribution >= 4 is 34.4 Å². The normalized spacial score (nSPS) is 11.4. The van der Waals surface area contributed by atoms with Crippen molar-refractivity contribution in [2.75, 3.05) is 17.9 Å². The van der Waals surface area contributed by atoms with Gasteiger partial charge in [0.1, 0.15) is 11.6 Å². The Kier molecular flexibility index (Phi) is 6.84. The van der Waals surface area contributed by atoms with Crippen LogP contribution in [-0.4, -0.2) is 27.4 Å².